The van der Waals surface area contributed by atoms with Gasteiger partial charge in [0.1, 0.15) is 0 Å². The normalized spacial score (nSPS) is 24.8. The van der Waals surface area contributed by atoms with Crippen LogP contribution in [0.3, 0.4) is 0 Å². The lowest BCUT2D eigenvalue weighted by Crippen LogP contribution is -2.40. The van der Waals surface area contributed by atoms with Crippen molar-refractivity contribution >= 4 is 0 Å². The summed E-state index contributed by atoms with van der Waals surface area (Å²) in [6, 6.07) is 0.337. The second-order valence-electron chi connectivity index (χ2n) is 6.05. The number of nitrogens with one attached hydrogen (secondary N) is 1. The third-order valence-electron chi connectivity index (χ3n) is 4.59. The number of hydrogen-bond acceptors (Lipinski definition) is 2. The lowest BCUT2D eigenvalue weighted by atomic mass is 9.97. The van der Waals surface area contributed by atoms with Crippen LogP contribution < -0.4 is 11.1 Å². The molecule has 2 fully saturated rings. The molecule has 2 atom stereocenters. The fraction of sp³-hybridized carbons (Fsp3) is 1.00. The summed E-state index contributed by atoms with van der Waals surface area (Å²) < 4.78 is 0. The molecule has 0 saturated heterocycles. The average Bonchev–Trinajstić information content (AvgIpc) is 3.15. The topological polar surface area (TPSA) is 38.0 Å². The molecule has 2 heteroatoms. The minimum Gasteiger partial charge on any atom is -0.326 e. The molecule has 0 amide bonds. The van der Waals surface area contributed by atoms with Crippen molar-refractivity contribution in [1.82, 2.24) is 5.32 Å². The van der Waals surface area contributed by atoms with Crippen molar-refractivity contribution in [3.8, 4) is 0 Å². The Morgan fingerprint density at radius 3 is 2.12 bits per heavy atom. The highest BCUT2D eigenvalue weighted by Gasteiger charge is 2.40. The fourth-order valence-corrected chi connectivity index (χ4v) is 2.69. The van der Waals surface area contributed by atoms with Gasteiger partial charge in [-0.15, -0.1) is 0 Å². The van der Waals surface area contributed by atoms with Gasteiger partial charge in [-0.3, -0.25) is 0 Å². The molecular weight excluding hydrogens is 196 g/mol. The zero-order chi connectivity index (χ0) is 11.5. The molecule has 0 aromatic heterocycles. The third kappa shape index (κ3) is 3.46. The Morgan fingerprint density at radius 2 is 1.69 bits per heavy atom. The molecule has 0 aromatic carbocycles. The molecule has 0 aromatic rings. The summed E-state index contributed by atoms with van der Waals surface area (Å²) in [4.78, 5) is 0. The summed E-state index contributed by atoms with van der Waals surface area (Å²) in [5.74, 6) is 3.73. The van der Waals surface area contributed by atoms with Crippen molar-refractivity contribution in [2.24, 2.45) is 29.4 Å². The highest BCUT2D eigenvalue weighted by molar-refractivity contribution is 4.92. The molecule has 0 heterocycles. The SMILES string of the molecule is CCC(C)C(N)CNCC(C1CC1)C1CC1. The number of rotatable bonds is 8. The van der Waals surface area contributed by atoms with Gasteiger partial charge in [-0.1, -0.05) is 20.3 Å². The molecule has 2 nitrogen and oxygen atoms in total. The summed E-state index contributed by atoms with van der Waals surface area (Å²) in [5.41, 5.74) is 6.13. The molecule has 16 heavy (non-hydrogen) atoms. The van der Waals surface area contributed by atoms with E-state index in [0.717, 1.165) is 24.3 Å². The molecule has 0 aliphatic heterocycles. The maximum atomic E-state index is 6.13. The number of hydrogen-bond donors (Lipinski definition) is 2. The quantitative estimate of drug-likeness (QED) is 0.664. The standard InChI is InChI=1S/C14H28N2/c1-3-10(2)14(15)9-16-8-13(11-4-5-11)12-6-7-12/h10-14,16H,3-9,15H2,1-2H3. The fourth-order valence-electron chi connectivity index (χ4n) is 2.69. The van der Waals surface area contributed by atoms with Gasteiger partial charge < -0.3 is 11.1 Å². The van der Waals surface area contributed by atoms with Gasteiger partial charge in [-0.2, -0.15) is 0 Å². The van der Waals surface area contributed by atoms with Crippen LogP contribution in [0.15, 0.2) is 0 Å². The van der Waals surface area contributed by atoms with E-state index in [1.54, 1.807) is 0 Å². The Kier molecular flexibility index (Phi) is 4.26. The summed E-state index contributed by atoms with van der Waals surface area (Å²) in [6.07, 6.45) is 7.14. The van der Waals surface area contributed by atoms with Gasteiger partial charge in [0.25, 0.3) is 0 Å². The van der Waals surface area contributed by atoms with Gasteiger partial charge in [0.05, 0.1) is 0 Å². The molecule has 2 saturated carbocycles. The van der Waals surface area contributed by atoms with Crippen molar-refractivity contribution in [2.45, 2.75) is 52.0 Å². The molecule has 2 rings (SSSR count). The minimum absolute atomic E-state index is 0.337. The summed E-state index contributed by atoms with van der Waals surface area (Å²) in [5, 5.41) is 3.62. The van der Waals surface area contributed by atoms with Crippen LogP contribution in [0, 0.1) is 23.7 Å². The monoisotopic (exact) mass is 224 g/mol. The first-order chi connectivity index (χ1) is 7.72. The summed E-state index contributed by atoms with van der Waals surface area (Å²) >= 11 is 0. The van der Waals surface area contributed by atoms with E-state index in [0.29, 0.717) is 12.0 Å². The molecule has 2 aliphatic carbocycles. The van der Waals surface area contributed by atoms with Crippen molar-refractivity contribution in [1.29, 1.82) is 0 Å². The second-order valence-corrected chi connectivity index (χ2v) is 6.05. The average molecular weight is 224 g/mol. The van der Waals surface area contributed by atoms with E-state index < -0.39 is 0 Å². The molecule has 0 radical (unpaired) electrons. The molecule has 94 valence electrons. The van der Waals surface area contributed by atoms with Gasteiger partial charge in [0.15, 0.2) is 0 Å². The maximum absolute atomic E-state index is 6.13. The lowest BCUT2D eigenvalue weighted by Gasteiger charge is -2.21. The van der Waals surface area contributed by atoms with E-state index in [1.807, 2.05) is 0 Å². The van der Waals surface area contributed by atoms with Gasteiger partial charge in [0, 0.05) is 12.6 Å². The predicted octanol–water partition coefficient (Wildman–Crippen LogP) is 2.39. The van der Waals surface area contributed by atoms with Crippen LogP contribution in [-0.2, 0) is 0 Å². The van der Waals surface area contributed by atoms with E-state index in [9.17, 15) is 0 Å². The van der Waals surface area contributed by atoms with Crippen LogP contribution >= 0.6 is 0 Å². The molecular formula is C14H28N2. The highest BCUT2D eigenvalue weighted by Crippen LogP contribution is 2.48. The van der Waals surface area contributed by atoms with Gasteiger partial charge in [0.2, 0.25) is 0 Å². The van der Waals surface area contributed by atoms with Crippen LogP contribution in [-0.4, -0.2) is 19.1 Å². The van der Waals surface area contributed by atoms with Crippen LogP contribution in [0.1, 0.15) is 46.0 Å². The van der Waals surface area contributed by atoms with E-state index in [1.165, 1.54) is 38.6 Å². The van der Waals surface area contributed by atoms with Crippen molar-refractivity contribution < 1.29 is 0 Å². The Morgan fingerprint density at radius 1 is 1.12 bits per heavy atom. The molecule has 0 spiro atoms. The zero-order valence-electron chi connectivity index (χ0n) is 10.9. The zero-order valence-corrected chi connectivity index (χ0v) is 10.9. The number of nitrogens with two attached hydrogens (primary N) is 1. The van der Waals surface area contributed by atoms with Crippen LogP contribution in [0.25, 0.3) is 0 Å². The Labute approximate surface area is 100 Å². The van der Waals surface area contributed by atoms with E-state index in [2.05, 4.69) is 19.2 Å². The Hall–Kier alpha value is -0.0800. The molecule has 2 aliphatic rings. The molecule has 0 bridgehead atoms. The Bertz CT molecular complexity index is 197. The smallest absolute Gasteiger partial charge is 0.0191 e. The highest BCUT2D eigenvalue weighted by atomic mass is 14.9. The van der Waals surface area contributed by atoms with Crippen LogP contribution in [0.5, 0.6) is 0 Å². The molecule has 3 N–H and O–H groups in total. The maximum Gasteiger partial charge on any atom is 0.0191 e. The first kappa shape index (κ1) is 12.4. The van der Waals surface area contributed by atoms with E-state index in [4.69, 9.17) is 5.73 Å². The van der Waals surface area contributed by atoms with Gasteiger partial charge in [-0.05, 0) is 55.9 Å². The minimum atomic E-state index is 0.337. The van der Waals surface area contributed by atoms with Crippen molar-refractivity contribution in [3.63, 3.8) is 0 Å². The summed E-state index contributed by atoms with van der Waals surface area (Å²) in [6.45, 7) is 6.71. The summed E-state index contributed by atoms with van der Waals surface area (Å²) in [7, 11) is 0. The first-order valence-corrected chi connectivity index (χ1v) is 7.18. The first-order valence-electron chi connectivity index (χ1n) is 7.18. The van der Waals surface area contributed by atoms with Crippen LogP contribution in [0.2, 0.25) is 0 Å². The van der Waals surface area contributed by atoms with Gasteiger partial charge >= 0.3 is 0 Å². The van der Waals surface area contributed by atoms with Crippen LogP contribution in [0.4, 0.5) is 0 Å². The molecule has 2 unspecified atom stereocenters. The second kappa shape index (κ2) is 5.50. The van der Waals surface area contributed by atoms with E-state index >= 15 is 0 Å². The lowest BCUT2D eigenvalue weighted by molar-refractivity contribution is 0.353. The largest absolute Gasteiger partial charge is 0.326 e. The Balaban J connectivity index is 1.62. The van der Waals surface area contributed by atoms with Crippen molar-refractivity contribution in [2.75, 3.05) is 13.1 Å². The predicted molar refractivity (Wildman–Crippen MR) is 69.2 cm³/mol. The van der Waals surface area contributed by atoms with Gasteiger partial charge in [-0.25, -0.2) is 0 Å². The van der Waals surface area contributed by atoms with Crippen molar-refractivity contribution in [3.05, 3.63) is 0 Å². The third-order valence-corrected chi connectivity index (χ3v) is 4.59. The van der Waals surface area contributed by atoms with E-state index in [-0.39, 0.29) is 0 Å².